The van der Waals surface area contributed by atoms with Crippen molar-refractivity contribution < 1.29 is 4.79 Å². The third-order valence-corrected chi connectivity index (χ3v) is 3.75. The van der Waals surface area contributed by atoms with Crippen LogP contribution in [0, 0.1) is 0 Å². The first kappa shape index (κ1) is 15.0. The van der Waals surface area contributed by atoms with Gasteiger partial charge in [-0.05, 0) is 20.3 Å². The van der Waals surface area contributed by atoms with Crippen molar-refractivity contribution >= 4 is 5.91 Å². The van der Waals surface area contributed by atoms with Gasteiger partial charge in [-0.15, -0.1) is 5.10 Å². The molecule has 0 radical (unpaired) electrons. The van der Waals surface area contributed by atoms with E-state index in [-0.39, 0.29) is 11.9 Å². The minimum atomic E-state index is -0.00497. The number of aromatic nitrogens is 3. The minimum absolute atomic E-state index is 0.00497. The first-order valence-corrected chi connectivity index (χ1v) is 7.57. The zero-order valence-corrected chi connectivity index (χ0v) is 12.7. The number of nitrogens with zero attached hydrogens (tertiary/aromatic N) is 4. The van der Waals surface area contributed by atoms with Gasteiger partial charge in [-0.25, -0.2) is 4.68 Å². The highest BCUT2D eigenvalue weighted by molar-refractivity contribution is 5.92. The Bertz CT molecular complexity index is 439. The fraction of sp³-hybridized carbons (Fsp3) is 0.786. The van der Waals surface area contributed by atoms with E-state index in [1.165, 1.54) is 0 Å². The average Bonchev–Trinajstić information content (AvgIpc) is 2.80. The molecule has 6 heteroatoms. The molecule has 1 N–H and O–H groups in total. The Hall–Kier alpha value is -1.43. The summed E-state index contributed by atoms with van der Waals surface area (Å²) in [6.45, 7) is 8.86. The maximum Gasteiger partial charge on any atom is 0.276 e. The fourth-order valence-electron chi connectivity index (χ4n) is 2.29. The van der Waals surface area contributed by atoms with Crippen molar-refractivity contribution in [1.29, 1.82) is 0 Å². The number of rotatable bonds is 7. The van der Waals surface area contributed by atoms with Crippen LogP contribution < -0.4 is 5.32 Å². The standard InChI is InChI=1S/C14H25N5O/c1-4-5-6-7-18(11(2)3)14(20)13-10-19(17-16-13)12-8-15-9-12/h10-12,15H,4-9H2,1-3H3. The lowest BCUT2D eigenvalue weighted by Gasteiger charge is -2.27. The molecular weight excluding hydrogens is 254 g/mol. The molecule has 1 amide bonds. The van der Waals surface area contributed by atoms with Crippen molar-refractivity contribution in [2.24, 2.45) is 0 Å². The van der Waals surface area contributed by atoms with Gasteiger partial charge in [-0.3, -0.25) is 4.79 Å². The van der Waals surface area contributed by atoms with E-state index >= 15 is 0 Å². The summed E-state index contributed by atoms with van der Waals surface area (Å²) in [6.07, 6.45) is 5.13. The fourth-order valence-corrected chi connectivity index (χ4v) is 2.29. The molecule has 1 aromatic rings. The molecule has 0 aliphatic carbocycles. The monoisotopic (exact) mass is 279 g/mol. The maximum absolute atomic E-state index is 12.5. The molecule has 1 saturated heterocycles. The second kappa shape index (κ2) is 6.83. The van der Waals surface area contributed by atoms with Crippen molar-refractivity contribution in [2.75, 3.05) is 19.6 Å². The Labute approximate surface area is 120 Å². The number of amides is 1. The van der Waals surface area contributed by atoms with Gasteiger partial charge in [-0.2, -0.15) is 0 Å². The van der Waals surface area contributed by atoms with Crippen LogP contribution in [0.15, 0.2) is 6.20 Å². The van der Waals surface area contributed by atoms with E-state index in [1.807, 2.05) is 18.7 Å². The Morgan fingerprint density at radius 3 is 2.80 bits per heavy atom. The molecule has 0 atom stereocenters. The number of nitrogens with one attached hydrogen (secondary N) is 1. The van der Waals surface area contributed by atoms with Crippen molar-refractivity contribution in [3.8, 4) is 0 Å². The third-order valence-electron chi connectivity index (χ3n) is 3.75. The van der Waals surface area contributed by atoms with Crippen molar-refractivity contribution in [3.05, 3.63) is 11.9 Å². The predicted octanol–water partition coefficient (Wildman–Crippen LogP) is 1.46. The molecule has 0 saturated carbocycles. The van der Waals surface area contributed by atoms with Gasteiger partial charge < -0.3 is 10.2 Å². The van der Waals surface area contributed by atoms with Crippen LogP contribution >= 0.6 is 0 Å². The minimum Gasteiger partial charge on any atom is -0.335 e. The third kappa shape index (κ3) is 3.36. The normalized spacial score (nSPS) is 15.4. The van der Waals surface area contributed by atoms with Crippen molar-refractivity contribution in [2.45, 2.75) is 52.1 Å². The molecule has 1 aromatic heterocycles. The lowest BCUT2D eigenvalue weighted by molar-refractivity contribution is 0.0696. The quantitative estimate of drug-likeness (QED) is 0.768. The van der Waals surface area contributed by atoms with E-state index in [0.29, 0.717) is 11.7 Å². The molecule has 2 heterocycles. The van der Waals surface area contributed by atoms with E-state index in [0.717, 1.165) is 38.9 Å². The second-order valence-corrected chi connectivity index (χ2v) is 5.70. The van der Waals surface area contributed by atoms with Crippen LogP contribution in [0.5, 0.6) is 0 Å². The highest BCUT2D eigenvalue weighted by atomic mass is 16.2. The zero-order chi connectivity index (χ0) is 14.5. The smallest absolute Gasteiger partial charge is 0.276 e. The first-order chi connectivity index (χ1) is 9.63. The summed E-state index contributed by atoms with van der Waals surface area (Å²) in [5.74, 6) is -0.00497. The number of hydrogen-bond acceptors (Lipinski definition) is 4. The van der Waals surface area contributed by atoms with Crippen molar-refractivity contribution in [3.63, 3.8) is 0 Å². The van der Waals surface area contributed by atoms with E-state index < -0.39 is 0 Å². The van der Waals surface area contributed by atoms with Crippen LogP contribution in [-0.2, 0) is 0 Å². The van der Waals surface area contributed by atoms with Gasteiger partial charge in [0, 0.05) is 25.7 Å². The van der Waals surface area contributed by atoms with Gasteiger partial charge in [0.1, 0.15) is 0 Å². The Morgan fingerprint density at radius 2 is 2.25 bits per heavy atom. The second-order valence-electron chi connectivity index (χ2n) is 5.70. The predicted molar refractivity (Wildman–Crippen MR) is 77.6 cm³/mol. The van der Waals surface area contributed by atoms with E-state index in [4.69, 9.17) is 0 Å². The summed E-state index contributed by atoms with van der Waals surface area (Å²) >= 11 is 0. The average molecular weight is 279 g/mol. The Morgan fingerprint density at radius 1 is 1.50 bits per heavy atom. The highest BCUT2D eigenvalue weighted by Crippen LogP contribution is 2.13. The number of carbonyl (C=O) groups excluding carboxylic acids is 1. The van der Waals surface area contributed by atoms with Crippen LogP contribution in [0.1, 0.15) is 56.6 Å². The van der Waals surface area contributed by atoms with Gasteiger partial charge in [-0.1, -0.05) is 25.0 Å². The molecule has 0 spiro atoms. The van der Waals surface area contributed by atoms with Crippen LogP contribution in [0.2, 0.25) is 0 Å². The largest absolute Gasteiger partial charge is 0.335 e. The summed E-state index contributed by atoms with van der Waals surface area (Å²) in [5.41, 5.74) is 0.460. The lowest BCUT2D eigenvalue weighted by Crippen LogP contribution is -2.43. The summed E-state index contributed by atoms with van der Waals surface area (Å²) < 4.78 is 1.80. The molecule has 1 aliphatic rings. The zero-order valence-electron chi connectivity index (χ0n) is 12.7. The summed E-state index contributed by atoms with van der Waals surface area (Å²) in [5, 5.41) is 11.3. The van der Waals surface area contributed by atoms with E-state index in [1.54, 1.807) is 10.9 Å². The molecule has 112 valence electrons. The summed E-state index contributed by atoms with van der Waals surface area (Å²) in [7, 11) is 0. The number of hydrogen-bond donors (Lipinski definition) is 1. The number of unbranched alkanes of at least 4 members (excludes halogenated alkanes) is 2. The highest BCUT2D eigenvalue weighted by Gasteiger charge is 2.24. The SMILES string of the molecule is CCCCCN(C(=O)c1cn(C2CNC2)nn1)C(C)C. The Kier molecular flexibility index (Phi) is 5.11. The van der Waals surface area contributed by atoms with Gasteiger partial charge in [0.15, 0.2) is 5.69 Å². The maximum atomic E-state index is 12.5. The molecular formula is C14H25N5O. The molecule has 0 bridgehead atoms. The van der Waals surface area contributed by atoms with Gasteiger partial charge in [0.2, 0.25) is 0 Å². The lowest BCUT2D eigenvalue weighted by atomic mass is 10.2. The molecule has 1 aliphatic heterocycles. The molecule has 0 aromatic carbocycles. The summed E-state index contributed by atoms with van der Waals surface area (Å²) in [4.78, 5) is 14.4. The van der Waals surface area contributed by atoms with Gasteiger partial charge in [0.05, 0.1) is 12.2 Å². The van der Waals surface area contributed by atoms with Crippen molar-refractivity contribution in [1.82, 2.24) is 25.2 Å². The van der Waals surface area contributed by atoms with E-state index in [2.05, 4.69) is 22.6 Å². The topological polar surface area (TPSA) is 63.1 Å². The molecule has 0 unspecified atom stereocenters. The van der Waals surface area contributed by atoms with Crippen LogP contribution in [0.25, 0.3) is 0 Å². The van der Waals surface area contributed by atoms with Crippen LogP contribution in [0.4, 0.5) is 0 Å². The molecule has 20 heavy (non-hydrogen) atoms. The molecule has 6 nitrogen and oxygen atoms in total. The summed E-state index contributed by atoms with van der Waals surface area (Å²) in [6, 6.07) is 0.534. The van der Waals surface area contributed by atoms with Gasteiger partial charge in [0.25, 0.3) is 5.91 Å². The molecule has 1 fully saturated rings. The first-order valence-electron chi connectivity index (χ1n) is 7.57. The van der Waals surface area contributed by atoms with Gasteiger partial charge >= 0.3 is 0 Å². The van der Waals surface area contributed by atoms with Crippen LogP contribution in [0.3, 0.4) is 0 Å². The van der Waals surface area contributed by atoms with E-state index in [9.17, 15) is 4.79 Å². The molecule has 2 rings (SSSR count). The number of carbonyl (C=O) groups is 1. The Balaban J connectivity index is 2.00. The van der Waals surface area contributed by atoms with Crippen LogP contribution in [-0.4, -0.2) is 51.5 Å².